The maximum absolute atomic E-state index is 12.2. The summed E-state index contributed by atoms with van der Waals surface area (Å²) in [6, 6.07) is 6.14. The lowest BCUT2D eigenvalue weighted by atomic mass is 10.1. The van der Waals surface area contributed by atoms with Gasteiger partial charge < -0.3 is 4.74 Å². The van der Waals surface area contributed by atoms with E-state index in [2.05, 4.69) is 0 Å². The third kappa shape index (κ3) is 4.79. The van der Waals surface area contributed by atoms with Gasteiger partial charge in [0.05, 0.1) is 21.5 Å². The van der Waals surface area contributed by atoms with Crippen LogP contribution < -0.4 is 0 Å². The van der Waals surface area contributed by atoms with E-state index in [1.54, 1.807) is 32.0 Å². The molecule has 1 heterocycles. The average molecular weight is 376 g/mol. The molecule has 1 saturated heterocycles. The maximum atomic E-state index is 12.2. The zero-order valence-electron chi connectivity index (χ0n) is 14.1. The molecule has 26 heavy (non-hydrogen) atoms. The molecule has 9 heteroatoms. The number of para-hydroxylation sites is 1. The largest absolute Gasteiger partial charge is 0.462 e. The summed E-state index contributed by atoms with van der Waals surface area (Å²) in [4.78, 5) is 47.1. The van der Waals surface area contributed by atoms with Gasteiger partial charge in [0.25, 0.3) is 16.8 Å². The molecule has 0 saturated carbocycles. The highest BCUT2D eigenvalue weighted by molar-refractivity contribution is 8.18. The Labute approximate surface area is 153 Å². The van der Waals surface area contributed by atoms with E-state index in [9.17, 15) is 24.5 Å². The van der Waals surface area contributed by atoms with E-state index < -0.39 is 28.6 Å². The highest BCUT2D eigenvalue weighted by atomic mass is 32.2. The van der Waals surface area contributed by atoms with Crippen LogP contribution >= 0.6 is 11.8 Å². The summed E-state index contributed by atoms with van der Waals surface area (Å²) >= 11 is 0.694. The fraction of sp³-hybridized carbons (Fsp3) is 0.235. The number of carbonyl (C=O) groups excluding carboxylic acids is 3. The van der Waals surface area contributed by atoms with Crippen molar-refractivity contribution in [3.8, 4) is 0 Å². The van der Waals surface area contributed by atoms with Gasteiger partial charge in [-0.05, 0) is 43.8 Å². The van der Waals surface area contributed by atoms with Gasteiger partial charge in [0, 0.05) is 6.07 Å². The Kier molecular flexibility index (Phi) is 6.29. The van der Waals surface area contributed by atoms with Crippen LogP contribution in [0.2, 0.25) is 0 Å². The van der Waals surface area contributed by atoms with Gasteiger partial charge in [0.2, 0.25) is 0 Å². The average Bonchev–Trinajstić information content (AvgIpc) is 2.82. The molecule has 1 aromatic rings. The lowest BCUT2D eigenvalue weighted by Crippen LogP contribution is -2.35. The topological polar surface area (TPSA) is 107 Å². The van der Waals surface area contributed by atoms with Crippen molar-refractivity contribution in [1.82, 2.24) is 4.90 Å². The number of amides is 2. The molecule has 1 aliphatic rings. The molecule has 1 aliphatic heterocycles. The molecule has 2 amide bonds. The van der Waals surface area contributed by atoms with Gasteiger partial charge in [-0.2, -0.15) is 0 Å². The second-order valence-electron chi connectivity index (χ2n) is 5.50. The van der Waals surface area contributed by atoms with Gasteiger partial charge in [-0.15, -0.1) is 0 Å². The number of hydrogen-bond acceptors (Lipinski definition) is 7. The number of carbonyl (C=O) groups is 3. The number of esters is 1. The molecule has 0 aliphatic carbocycles. The molecule has 2 rings (SSSR count). The molecular formula is C17H16N2O6S. The summed E-state index contributed by atoms with van der Waals surface area (Å²) < 4.78 is 4.93. The van der Waals surface area contributed by atoms with Crippen molar-refractivity contribution in [3.05, 3.63) is 57.0 Å². The zero-order chi connectivity index (χ0) is 19.3. The number of rotatable bonds is 6. The number of nitro groups is 1. The summed E-state index contributed by atoms with van der Waals surface area (Å²) in [5.41, 5.74) is 0.301. The van der Waals surface area contributed by atoms with Crippen LogP contribution in [-0.4, -0.2) is 39.6 Å². The van der Waals surface area contributed by atoms with Crippen molar-refractivity contribution in [3.63, 3.8) is 0 Å². The van der Waals surface area contributed by atoms with Crippen LogP contribution in [0.15, 0.2) is 41.3 Å². The summed E-state index contributed by atoms with van der Waals surface area (Å²) in [5, 5.41) is 10.4. The maximum Gasteiger partial charge on any atom is 0.326 e. The first-order valence-electron chi connectivity index (χ1n) is 7.64. The van der Waals surface area contributed by atoms with Gasteiger partial charge >= 0.3 is 5.97 Å². The third-order valence-electron chi connectivity index (χ3n) is 3.18. The molecule has 0 aromatic heterocycles. The minimum absolute atomic E-state index is 0.0679. The Morgan fingerprint density at radius 1 is 1.35 bits per heavy atom. The van der Waals surface area contributed by atoms with Crippen LogP contribution in [0.3, 0.4) is 0 Å². The normalized spacial score (nSPS) is 16.1. The van der Waals surface area contributed by atoms with Crippen LogP contribution in [-0.2, 0) is 14.3 Å². The molecule has 0 spiro atoms. The van der Waals surface area contributed by atoms with E-state index in [-0.39, 0.29) is 16.7 Å². The zero-order valence-corrected chi connectivity index (χ0v) is 14.9. The minimum atomic E-state index is -0.668. The van der Waals surface area contributed by atoms with E-state index in [0.29, 0.717) is 17.3 Å². The standard InChI is InChI=1S/C17H16N2O6S/c1-11(2)25-15(20)10-18-16(21)14(26-17(18)22)9-5-7-12-6-3-4-8-13(12)19(23)24/h3-9,11H,10H2,1-2H3/b7-5+,14-9-. The van der Waals surface area contributed by atoms with E-state index >= 15 is 0 Å². The van der Waals surface area contributed by atoms with E-state index in [4.69, 9.17) is 4.74 Å². The van der Waals surface area contributed by atoms with Crippen molar-refractivity contribution >= 4 is 40.6 Å². The predicted octanol–water partition coefficient (Wildman–Crippen LogP) is 3.14. The molecule has 136 valence electrons. The highest BCUT2D eigenvalue weighted by Gasteiger charge is 2.36. The Bertz CT molecular complexity index is 815. The summed E-state index contributed by atoms with van der Waals surface area (Å²) in [6.07, 6.45) is 3.96. The molecule has 0 unspecified atom stereocenters. The van der Waals surface area contributed by atoms with Gasteiger partial charge in [-0.1, -0.05) is 18.2 Å². The van der Waals surface area contributed by atoms with Gasteiger partial charge in [0.15, 0.2) is 0 Å². The Morgan fingerprint density at radius 2 is 2.04 bits per heavy atom. The monoisotopic (exact) mass is 376 g/mol. The van der Waals surface area contributed by atoms with Crippen LogP contribution in [0.25, 0.3) is 6.08 Å². The molecular weight excluding hydrogens is 360 g/mol. The van der Waals surface area contributed by atoms with Crippen LogP contribution in [0, 0.1) is 10.1 Å². The molecule has 0 radical (unpaired) electrons. The van der Waals surface area contributed by atoms with E-state index in [1.807, 2.05) is 0 Å². The molecule has 0 bridgehead atoms. The highest BCUT2D eigenvalue weighted by Crippen LogP contribution is 2.30. The van der Waals surface area contributed by atoms with Crippen molar-refractivity contribution in [1.29, 1.82) is 0 Å². The number of nitrogens with zero attached hydrogens (tertiary/aromatic N) is 2. The lowest BCUT2D eigenvalue weighted by Gasteiger charge is -2.13. The lowest BCUT2D eigenvalue weighted by molar-refractivity contribution is -0.385. The fourth-order valence-electron chi connectivity index (χ4n) is 2.11. The van der Waals surface area contributed by atoms with Crippen molar-refractivity contribution in [2.75, 3.05) is 6.54 Å². The molecule has 0 N–H and O–H groups in total. The molecule has 0 atom stereocenters. The van der Waals surface area contributed by atoms with E-state index in [1.165, 1.54) is 24.3 Å². The number of nitro benzene ring substituents is 1. The number of imide groups is 1. The van der Waals surface area contributed by atoms with Crippen molar-refractivity contribution < 1.29 is 24.0 Å². The minimum Gasteiger partial charge on any atom is -0.462 e. The smallest absolute Gasteiger partial charge is 0.326 e. The number of hydrogen-bond donors (Lipinski definition) is 0. The van der Waals surface area contributed by atoms with Gasteiger partial charge in [0.1, 0.15) is 6.54 Å². The van der Waals surface area contributed by atoms with Gasteiger partial charge in [-0.3, -0.25) is 29.4 Å². The number of benzene rings is 1. The fourth-order valence-corrected chi connectivity index (χ4v) is 2.90. The van der Waals surface area contributed by atoms with Crippen molar-refractivity contribution in [2.24, 2.45) is 0 Å². The molecule has 8 nitrogen and oxygen atoms in total. The first-order chi connectivity index (χ1) is 12.3. The Hall–Kier alpha value is -2.94. The number of thioether (sulfide) groups is 1. The summed E-state index contributed by atoms with van der Waals surface area (Å²) in [5.74, 6) is -1.27. The Morgan fingerprint density at radius 3 is 2.69 bits per heavy atom. The summed E-state index contributed by atoms with van der Waals surface area (Å²) in [7, 11) is 0. The quantitative estimate of drug-likeness (QED) is 0.325. The first-order valence-corrected chi connectivity index (χ1v) is 8.46. The summed E-state index contributed by atoms with van der Waals surface area (Å²) in [6.45, 7) is 2.88. The number of ether oxygens (including phenoxy) is 1. The predicted molar refractivity (Wildman–Crippen MR) is 96.1 cm³/mol. The number of allylic oxidation sites excluding steroid dienone is 2. The van der Waals surface area contributed by atoms with Crippen LogP contribution in [0.5, 0.6) is 0 Å². The van der Waals surface area contributed by atoms with Crippen molar-refractivity contribution in [2.45, 2.75) is 20.0 Å². The SMILES string of the molecule is CC(C)OC(=O)CN1C(=O)S/C(=C\C=C\c2ccccc2[N+](=O)[O-])C1=O. The van der Waals surface area contributed by atoms with Crippen LogP contribution in [0.1, 0.15) is 19.4 Å². The third-order valence-corrected chi connectivity index (χ3v) is 4.11. The molecule has 1 aromatic carbocycles. The van der Waals surface area contributed by atoms with E-state index in [0.717, 1.165) is 4.90 Å². The first kappa shape index (κ1) is 19.4. The molecule has 1 fully saturated rings. The Balaban J connectivity index is 2.10. The second-order valence-corrected chi connectivity index (χ2v) is 6.50. The second kappa shape index (κ2) is 8.43. The van der Waals surface area contributed by atoms with Crippen LogP contribution in [0.4, 0.5) is 10.5 Å². The van der Waals surface area contributed by atoms with Gasteiger partial charge in [-0.25, -0.2) is 0 Å².